The molecule has 0 aliphatic carbocycles. The number of nitrogens with zero attached hydrogens (tertiary/aromatic N) is 5. The Morgan fingerprint density at radius 2 is 2.09 bits per heavy atom. The van der Waals surface area contributed by atoms with Gasteiger partial charge in [-0.15, -0.1) is 10.2 Å². The molecule has 0 radical (unpaired) electrons. The van der Waals surface area contributed by atoms with E-state index in [-0.39, 0.29) is 5.82 Å². The molecule has 0 bridgehead atoms. The second-order valence-corrected chi connectivity index (χ2v) is 5.21. The fraction of sp³-hybridized carbons (Fsp3) is 0.125. The number of hydrogen-bond acceptors (Lipinski definition) is 5. The third-order valence-electron chi connectivity index (χ3n) is 3.54. The minimum absolute atomic E-state index is 0.282. The molecule has 0 aliphatic rings. The first-order chi connectivity index (χ1) is 11.2. The van der Waals surface area contributed by atoms with Crippen molar-refractivity contribution in [1.82, 2.24) is 24.7 Å². The Morgan fingerprint density at radius 1 is 1.17 bits per heavy atom. The Balaban J connectivity index is 1.64. The first-order valence-corrected chi connectivity index (χ1v) is 7.08. The van der Waals surface area contributed by atoms with Gasteiger partial charge in [-0.1, -0.05) is 17.3 Å². The Labute approximate surface area is 130 Å². The van der Waals surface area contributed by atoms with E-state index < -0.39 is 0 Å². The van der Waals surface area contributed by atoms with Crippen LogP contribution >= 0.6 is 0 Å². The van der Waals surface area contributed by atoms with E-state index in [0.717, 1.165) is 22.6 Å². The van der Waals surface area contributed by atoms with Gasteiger partial charge in [-0.3, -0.25) is 4.40 Å². The maximum absolute atomic E-state index is 13.2. The minimum Gasteiger partial charge on any atom is -0.339 e. The van der Waals surface area contributed by atoms with Gasteiger partial charge in [0.15, 0.2) is 5.65 Å². The quantitative estimate of drug-likeness (QED) is 0.582. The maximum Gasteiger partial charge on any atom is 0.231 e. The molecular formula is C16H12FN5O. The molecule has 4 aromatic rings. The van der Waals surface area contributed by atoms with E-state index in [2.05, 4.69) is 20.3 Å². The SMILES string of the molecule is Cc1nnc2ccc(-c3noc(Cc4cccc(F)c4)n3)cn12. The van der Waals surface area contributed by atoms with Crippen LogP contribution in [0.5, 0.6) is 0 Å². The van der Waals surface area contributed by atoms with Gasteiger partial charge in [0, 0.05) is 11.8 Å². The highest BCUT2D eigenvalue weighted by molar-refractivity contribution is 5.57. The van der Waals surface area contributed by atoms with Crippen LogP contribution in [0.25, 0.3) is 17.0 Å². The summed E-state index contributed by atoms with van der Waals surface area (Å²) in [7, 11) is 0. The average molecular weight is 309 g/mol. The molecule has 1 aromatic carbocycles. The van der Waals surface area contributed by atoms with Gasteiger partial charge in [0.1, 0.15) is 11.6 Å². The number of benzene rings is 1. The summed E-state index contributed by atoms with van der Waals surface area (Å²) in [5.41, 5.74) is 2.34. The van der Waals surface area contributed by atoms with E-state index >= 15 is 0 Å². The summed E-state index contributed by atoms with van der Waals surface area (Å²) in [5, 5.41) is 12.0. The molecule has 0 saturated carbocycles. The number of rotatable bonds is 3. The van der Waals surface area contributed by atoms with E-state index in [1.54, 1.807) is 6.07 Å². The molecule has 114 valence electrons. The van der Waals surface area contributed by atoms with Crippen molar-refractivity contribution in [2.75, 3.05) is 0 Å². The Kier molecular flexibility index (Phi) is 3.11. The Morgan fingerprint density at radius 3 is 2.96 bits per heavy atom. The largest absolute Gasteiger partial charge is 0.339 e. The molecule has 0 aliphatic heterocycles. The van der Waals surface area contributed by atoms with Crippen LogP contribution in [0.3, 0.4) is 0 Å². The smallest absolute Gasteiger partial charge is 0.231 e. The van der Waals surface area contributed by atoms with Crippen molar-refractivity contribution in [1.29, 1.82) is 0 Å². The van der Waals surface area contributed by atoms with Crippen molar-refractivity contribution in [3.63, 3.8) is 0 Å². The summed E-state index contributed by atoms with van der Waals surface area (Å²) in [6.07, 6.45) is 2.25. The number of halogens is 1. The van der Waals surface area contributed by atoms with Gasteiger partial charge in [0.25, 0.3) is 0 Å². The van der Waals surface area contributed by atoms with E-state index in [1.807, 2.05) is 35.7 Å². The number of aromatic nitrogens is 5. The molecular weight excluding hydrogens is 297 g/mol. The lowest BCUT2D eigenvalue weighted by Gasteiger charge is -1.98. The van der Waals surface area contributed by atoms with Crippen LogP contribution in [0.4, 0.5) is 4.39 Å². The second-order valence-electron chi connectivity index (χ2n) is 5.21. The predicted octanol–water partition coefficient (Wildman–Crippen LogP) is 2.82. The molecule has 6 nitrogen and oxygen atoms in total. The number of fused-ring (bicyclic) bond motifs is 1. The monoisotopic (exact) mass is 309 g/mol. The second kappa shape index (κ2) is 5.28. The number of aryl methyl sites for hydroxylation is 1. The van der Waals surface area contributed by atoms with E-state index in [0.29, 0.717) is 18.1 Å². The lowest BCUT2D eigenvalue weighted by molar-refractivity contribution is 0.385. The molecule has 0 N–H and O–H groups in total. The summed E-state index contributed by atoms with van der Waals surface area (Å²) in [6, 6.07) is 10.0. The van der Waals surface area contributed by atoms with Crippen LogP contribution in [0.1, 0.15) is 17.3 Å². The van der Waals surface area contributed by atoms with E-state index in [4.69, 9.17) is 4.52 Å². The third kappa shape index (κ3) is 2.57. The molecule has 0 spiro atoms. The standard InChI is InChI=1S/C16H12FN5O/c1-10-19-20-14-6-5-12(9-22(10)14)16-18-15(23-21-16)8-11-3-2-4-13(17)7-11/h2-7,9H,8H2,1H3. The first kappa shape index (κ1) is 13.6. The van der Waals surface area contributed by atoms with Gasteiger partial charge < -0.3 is 4.52 Å². The molecule has 3 heterocycles. The normalized spacial score (nSPS) is 11.2. The first-order valence-electron chi connectivity index (χ1n) is 7.08. The zero-order valence-corrected chi connectivity index (χ0v) is 12.3. The molecule has 23 heavy (non-hydrogen) atoms. The maximum atomic E-state index is 13.2. The van der Waals surface area contributed by atoms with E-state index in [9.17, 15) is 4.39 Å². The van der Waals surface area contributed by atoms with Gasteiger partial charge in [-0.25, -0.2) is 4.39 Å². The average Bonchev–Trinajstić information content (AvgIpc) is 3.15. The summed E-state index contributed by atoms with van der Waals surface area (Å²) in [6.45, 7) is 1.87. The van der Waals surface area contributed by atoms with Crippen LogP contribution in [0, 0.1) is 12.7 Å². The van der Waals surface area contributed by atoms with Crippen LogP contribution in [0.2, 0.25) is 0 Å². The molecule has 0 fully saturated rings. The summed E-state index contributed by atoms with van der Waals surface area (Å²) in [4.78, 5) is 4.37. The van der Waals surface area contributed by atoms with Gasteiger partial charge >= 0.3 is 0 Å². The molecule has 0 saturated heterocycles. The Bertz CT molecular complexity index is 991. The van der Waals surface area contributed by atoms with Crippen LogP contribution < -0.4 is 0 Å². The molecule has 0 unspecified atom stereocenters. The van der Waals surface area contributed by atoms with Gasteiger partial charge in [0.2, 0.25) is 11.7 Å². The molecule has 3 aromatic heterocycles. The highest BCUT2D eigenvalue weighted by Gasteiger charge is 2.11. The summed E-state index contributed by atoms with van der Waals surface area (Å²) < 4.78 is 20.3. The number of pyridine rings is 1. The van der Waals surface area contributed by atoms with Gasteiger partial charge in [-0.05, 0) is 36.8 Å². The third-order valence-corrected chi connectivity index (χ3v) is 3.54. The van der Waals surface area contributed by atoms with E-state index in [1.165, 1.54) is 12.1 Å². The van der Waals surface area contributed by atoms with Crippen molar-refractivity contribution >= 4 is 5.65 Å². The van der Waals surface area contributed by atoms with Gasteiger partial charge in [0.05, 0.1) is 6.42 Å². The molecule has 7 heteroatoms. The molecule has 0 amide bonds. The zero-order chi connectivity index (χ0) is 15.8. The minimum atomic E-state index is -0.282. The highest BCUT2D eigenvalue weighted by Crippen LogP contribution is 2.18. The van der Waals surface area contributed by atoms with Crippen molar-refractivity contribution in [2.45, 2.75) is 13.3 Å². The van der Waals surface area contributed by atoms with Crippen LogP contribution in [0.15, 0.2) is 47.1 Å². The topological polar surface area (TPSA) is 69.1 Å². The van der Waals surface area contributed by atoms with Crippen molar-refractivity contribution in [3.05, 3.63) is 65.7 Å². The van der Waals surface area contributed by atoms with Crippen molar-refractivity contribution in [3.8, 4) is 11.4 Å². The summed E-state index contributed by atoms with van der Waals surface area (Å²) >= 11 is 0. The van der Waals surface area contributed by atoms with Crippen molar-refractivity contribution in [2.24, 2.45) is 0 Å². The van der Waals surface area contributed by atoms with Gasteiger partial charge in [-0.2, -0.15) is 4.98 Å². The van der Waals surface area contributed by atoms with Crippen LogP contribution in [-0.4, -0.2) is 24.7 Å². The summed E-state index contributed by atoms with van der Waals surface area (Å²) in [5.74, 6) is 1.42. The number of hydrogen-bond donors (Lipinski definition) is 0. The fourth-order valence-corrected chi connectivity index (χ4v) is 2.40. The molecule has 0 atom stereocenters. The fourth-order valence-electron chi connectivity index (χ4n) is 2.40. The zero-order valence-electron chi connectivity index (χ0n) is 12.3. The lowest BCUT2D eigenvalue weighted by Crippen LogP contribution is -1.91. The predicted molar refractivity (Wildman–Crippen MR) is 80.2 cm³/mol. The lowest BCUT2D eigenvalue weighted by atomic mass is 10.1. The molecule has 4 rings (SSSR count). The Hall–Kier alpha value is -3.09. The van der Waals surface area contributed by atoms with Crippen LogP contribution in [-0.2, 0) is 6.42 Å². The van der Waals surface area contributed by atoms with Crippen molar-refractivity contribution < 1.29 is 8.91 Å². The highest BCUT2D eigenvalue weighted by atomic mass is 19.1.